The van der Waals surface area contributed by atoms with Gasteiger partial charge in [-0.1, -0.05) is 13.0 Å². The van der Waals surface area contributed by atoms with Gasteiger partial charge in [-0.2, -0.15) is 0 Å². The second-order valence-corrected chi connectivity index (χ2v) is 4.82. The lowest BCUT2D eigenvalue weighted by Gasteiger charge is -2.18. The molecule has 2 N–H and O–H groups in total. The van der Waals surface area contributed by atoms with E-state index in [9.17, 15) is 0 Å². The van der Waals surface area contributed by atoms with Gasteiger partial charge in [-0.05, 0) is 38.8 Å². The first-order valence-corrected chi connectivity index (χ1v) is 7.37. The van der Waals surface area contributed by atoms with Gasteiger partial charge in [-0.3, -0.25) is 0 Å². The molecule has 0 fully saturated rings. The molecule has 1 atom stereocenters. The second kappa shape index (κ2) is 9.61. The van der Waals surface area contributed by atoms with Crippen molar-refractivity contribution in [2.24, 2.45) is 0 Å². The molecule has 0 saturated carbocycles. The predicted molar refractivity (Wildman–Crippen MR) is 81.5 cm³/mol. The minimum absolute atomic E-state index is 0.248. The van der Waals surface area contributed by atoms with E-state index in [1.54, 1.807) is 7.11 Å². The van der Waals surface area contributed by atoms with Crippen LogP contribution in [0.3, 0.4) is 0 Å². The van der Waals surface area contributed by atoms with Crippen LogP contribution in [-0.2, 0) is 0 Å². The van der Waals surface area contributed by atoms with Crippen LogP contribution in [-0.4, -0.2) is 32.0 Å². The monoisotopic (exact) mass is 281 g/mol. The van der Waals surface area contributed by atoms with Crippen LogP contribution in [0.2, 0.25) is 0 Å². The van der Waals surface area contributed by atoms with E-state index in [1.807, 2.05) is 12.1 Å². The fourth-order valence-corrected chi connectivity index (χ4v) is 2.11. The van der Waals surface area contributed by atoms with Crippen molar-refractivity contribution < 1.29 is 14.6 Å². The molecule has 1 aromatic carbocycles. The topological polar surface area (TPSA) is 50.7 Å². The Kier molecular flexibility index (Phi) is 8.07. The Balaban J connectivity index is 2.68. The van der Waals surface area contributed by atoms with Crippen molar-refractivity contribution >= 4 is 0 Å². The zero-order valence-corrected chi connectivity index (χ0v) is 12.8. The Hall–Kier alpha value is -1.26. The van der Waals surface area contributed by atoms with Gasteiger partial charge in [-0.25, -0.2) is 0 Å². The fraction of sp³-hybridized carbons (Fsp3) is 0.625. The van der Waals surface area contributed by atoms with E-state index in [0.29, 0.717) is 6.61 Å². The van der Waals surface area contributed by atoms with Crippen LogP contribution >= 0.6 is 0 Å². The minimum atomic E-state index is 0.248. The summed E-state index contributed by atoms with van der Waals surface area (Å²) in [5.74, 6) is 1.68. The number of rotatable bonds is 10. The lowest BCUT2D eigenvalue weighted by molar-refractivity contribution is 0.264. The number of hydrogen-bond acceptors (Lipinski definition) is 4. The molecule has 0 saturated heterocycles. The summed E-state index contributed by atoms with van der Waals surface area (Å²) in [7, 11) is 1.66. The largest absolute Gasteiger partial charge is 0.497 e. The maximum absolute atomic E-state index is 8.76. The third kappa shape index (κ3) is 5.39. The number of hydrogen-bond donors (Lipinski definition) is 2. The highest BCUT2D eigenvalue weighted by atomic mass is 16.5. The molecule has 0 heterocycles. The van der Waals surface area contributed by atoms with Crippen molar-refractivity contribution in [2.75, 3.05) is 26.9 Å². The third-order valence-corrected chi connectivity index (χ3v) is 3.26. The first-order valence-electron chi connectivity index (χ1n) is 7.37. The highest BCUT2D eigenvalue weighted by Gasteiger charge is 2.12. The van der Waals surface area contributed by atoms with E-state index < -0.39 is 0 Å². The summed E-state index contributed by atoms with van der Waals surface area (Å²) in [6, 6.07) is 6.20. The predicted octanol–water partition coefficient (Wildman–Crippen LogP) is 2.91. The third-order valence-electron chi connectivity index (χ3n) is 3.26. The molecule has 4 heteroatoms. The average Bonchev–Trinajstić information content (AvgIpc) is 2.47. The molecule has 0 aromatic heterocycles. The van der Waals surface area contributed by atoms with Crippen LogP contribution in [0.4, 0.5) is 0 Å². The molecule has 4 nitrogen and oxygen atoms in total. The summed E-state index contributed by atoms with van der Waals surface area (Å²) in [6.07, 6.45) is 2.77. The van der Waals surface area contributed by atoms with Gasteiger partial charge < -0.3 is 19.9 Å². The van der Waals surface area contributed by atoms with Crippen LogP contribution in [0.15, 0.2) is 18.2 Å². The first kappa shape index (κ1) is 16.8. The molecule has 114 valence electrons. The van der Waals surface area contributed by atoms with E-state index in [4.69, 9.17) is 14.6 Å². The lowest BCUT2D eigenvalue weighted by Crippen LogP contribution is -2.18. The van der Waals surface area contributed by atoms with Crippen molar-refractivity contribution in [3.8, 4) is 11.5 Å². The summed E-state index contributed by atoms with van der Waals surface area (Å²) in [4.78, 5) is 0. The molecular formula is C16H27NO3. The molecule has 0 aliphatic carbocycles. The molecule has 0 radical (unpaired) electrons. The Bertz CT molecular complexity index is 382. The second-order valence-electron chi connectivity index (χ2n) is 4.82. The molecule has 0 aliphatic heterocycles. The van der Waals surface area contributed by atoms with Crippen molar-refractivity contribution in [1.82, 2.24) is 5.32 Å². The Labute approximate surface area is 122 Å². The van der Waals surface area contributed by atoms with Gasteiger partial charge >= 0.3 is 0 Å². The van der Waals surface area contributed by atoms with E-state index in [0.717, 1.165) is 42.9 Å². The summed E-state index contributed by atoms with van der Waals surface area (Å²) >= 11 is 0. The Morgan fingerprint density at radius 1 is 1.25 bits per heavy atom. The van der Waals surface area contributed by atoms with Crippen LogP contribution in [0.5, 0.6) is 11.5 Å². The average molecular weight is 281 g/mol. The number of unbranched alkanes of at least 4 members (excludes halogenated alkanes) is 2. The van der Waals surface area contributed by atoms with E-state index in [2.05, 4.69) is 25.2 Å². The maximum atomic E-state index is 8.76. The van der Waals surface area contributed by atoms with Gasteiger partial charge in [0, 0.05) is 24.3 Å². The van der Waals surface area contributed by atoms with E-state index in [1.165, 1.54) is 0 Å². The number of benzene rings is 1. The van der Waals surface area contributed by atoms with Crippen LogP contribution < -0.4 is 14.8 Å². The van der Waals surface area contributed by atoms with Crippen molar-refractivity contribution in [3.05, 3.63) is 23.8 Å². The zero-order valence-electron chi connectivity index (χ0n) is 12.8. The van der Waals surface area contributed by atoms with Crippen molar-refractivity contribution in [2.45, 2.75) is 39.2 Å². The highest BCUT2D eigenvalue weighted by Crippen LogP contribution is 2.29. The number of ether oxygens (including phenoxy) is 2. The smallest absolute Gasteiger partial charge is 0.127 e. The molecule has 20 heavy (non-hydrogen) atoms. The Morgan fingerprint density at radius 2 is 2.05 bits per heavy atom. The molecule has 0 bridgehead atoms. The van der Waals surface area contributed by atoms with Gasteiger partial charge in [0.15, 0.2) is 0 Å². The van der Waals surface area contributed by atoms with Crippen LogP contribution in [0, 0.1) is 0 Å². The summed E-state index contributed by atoms with van der Waals surface area (Å²) in [5, 5.41) is 12.2. The number of aliphatic hydroxyl groups excluding tert-OH is 1. The maximum Gasteiger partial charge on any atom is 0.127 e. The van der Waals surface area contributed by atoms with Gasteiger partial charge in [0.2, 0.25) is 0 Å². The fourth-order valence-electron chi connectivity index (χ4n) is 2.11. The SMILES string of the molecule is CCNC(C)c1ccc(OC)cc1OCCCCCO. The lowest BCUT2D eigenvalue weighted by atomic mass is 10.1. The quantitative estimate of drug-likeness (QED) is 0.647. The summed E-state index contributed by atoms with van der Waals surface area (Å²) in [5.41, 5.74) is 1.15. The standard InChI is InChI=1S/C16H27NO3/c1-4-17-13(2)15-9-8-14(19-3)12-16(15)20-11-7-5-6-10-18/h8-9,12-13,17-18H,4-7,10-11H2,1-3H3. The van der Waals surface area contributed by atoms with E-state index in [-0.39, 0.29) is 12.6 Å². The summed E-state index contributed by atoms with van der Waals surface area (Å²) < 4.78 is 11.2. The molecule has 1 rings (SSSR count). The van der Waals surface area contributed by atoms with Gasteiger partial charge in [0.25, 0.3) is 0 Å². The van der Waals surface area contributed by atoms with Crippen molar-refractivity contribution in [3.63, 3.8) is 0 Å². The molecule has 0 spiro atoms. The molecule has 0 aliphatic rings. The number of aliphatic hydroxyl groups is 1. The van der Waals surface area contributed by atoms with Gasteiger partial charge in [-0.15, -0.1) is 0 Å². The first-order chi connectivity index (χ1) is 9.72. The molecule has 1 aromatic rings. The van der Waals surface area contributed by atoms with Crippen LogP contribution in [0.1, 0.15) is 44.7 Å². The molecule has 1 unspecified atom stereocenters. The van der Waals surface area contributed by atoms with Crippen LogP contribution in [0.25, 0.3) is 0 Å². The van der Waals surface area contributed by atoms with Gasteiger partial charge in [0.1, 0.15) is 11.5 Å². The molecular weight excluding hydrogens is 254 g/mol. The normalized spacial score (nSPS) is 12.2. The molecule has 0 amide bonds. The minimum Gasteiger partial charge on any atom is -0.497 e. The van der Waals surface area contributed by atoms with Crippen molar-refractivity contribution in [1.29, 1.82) is 0 Å². The highest BCUT2D eigenvalue weighted by molar-refractivity contribution is 5.42. The van der Waals surface area contributed by atoms with E-state index >= 15 is 0 Å². The number of methoxy groups -OCH3 is 1. The summed E-state index contributed by atoms with van der Waals surface area (Å²) in [6.45, 7) is 6.06. The Morgan fingerprint density at radius 3 is 2.70 bits per heavy atom. The number of nitrogens with one attached hydrogen (secondary N) is 1. The zero-order chi connectivity index (χ0) is 14.8. The van der Waals surface area contributed by atoms with Gasteiger partial charge in [0.05, 0.1) is 13.7 Å².